The Labute approximate surface area is 335 Å². The van der Waals surface area contributed by atoms with Crippen molar-refractivity contribution in [3.05, 3.63) is 216 Å². The molecule has 0 aliphatic heterocycles. The van der Waals surface area contributed by atoms with Crippen LogP contribution in [-0.4, -0.2) is 7.05 Å². The highest BCUT2D eigenvalue weighted by Crippen LogP contribution is 2.51. The van der Waals surface area contributed by atoms with Crippen LogP contribution in [0.3, 0.4) is 0 Å². The molecule has 0 spiro atoms. The van der Waals surface area contributed by atoms with Crippen molar-refractivity contribution in [3.63, 3.8) is 0 Å². The molecule has 55 heavy (non-hydrogen) atoms. The van der Waals surface area contributed by atoms with Gasteiger partial charge in [-0.15, -0.1) is 0 Å². The summed E-state index contributed by atoms with van der Waals surface area (Å²) >= 11 is 0. The first-order valence-electron chi connectivity index (χ1n) is 20.2. The standard InChI is InChI=1S/C28H30.C19H24.C6H8.CH5N/c1-5-21(14-10-11-20(2)22-12-6-7-13-22)23-17-18-25-24-15-8-9-16-26(24)28(3,4)27(25)19-23;1-4-12-18(19-15-10-7-11-16-19)14-9-6-8-13-17(3)5-2;1-2-4-6-5-3-1;1-2/h5-10,12-18,22-23H,2,11,19H2,1,3-4H3;4-5,7-8,10-16H,6,9H2,1-3H3;1-4H,5-6H2;2H2,1H3/b14-10-,21-5+;12-4-,13-8-,17-5-,18-14+;;. The Morgan fingerprint density at radius 3 is 2.07 bits per heavy atom. The smallest absolute Gasteiger partial charge is 0.0163 e. The Bertz CT molecular complexity index is 1860. The van der Waals surface area contributed by atoms with Crippen molar-refractivity contribution < 1.29 is 0 Å². The molecule has 6 rings (SSSR count). The lowest BCUT2D eigenvalue weighted by Crippen LogP contribution is -2.20. The van der Waals surface area contributed by atoms with E-state index in [1.165, 1.54) is 64.4 Å². The zero-order valence-corrected chi connectivity index (χ0v) is 34.8. The molecule has 0 fully saturated rings. The molecule has 1 atom stereocenters. The van der Waals surface area contributed by atoms with Crippen molar-refractivity contribution in [2.45, 2.75) is 85.5 Å². The van der Waals surface area contributed by atoms with E-state index in [1.54, 1.807) is 5.57 Å². The summed E-state index contributed by atoms with van der Waals surface area (Å²) in [5, 5.41) is 0. The quantitative estimate of drug-likeness (QED) is 0.139. The highest BCUT2D eigenvalue weighted by Gasteiger charge is 2.38. The monoisotopic (exact) mass is 730 g/mol. The number of nitrogens with two attached hydrogens (primary N) is 1. The average Bonchev–Trinajstić information content (AvgIpc) is 3.86. The normalized spacial score (nSPS) is 18.5. The molecule has 0 heterocycles. The van der Waals surface area contributed by atoms with Crippen LogP contribution in [0.5, 0.6) is 0 Å². The molecular weight excluding hydrogens is 663 g/mol. The first-order chi connectivity index (χ1) is 26.8. The molecule has 1 heteroatoms. The number of hydrogen-bond acceptors (Lipinski definition) is 1. The van der Waals surface area contributed by atoms with E-state index in [9.17, 15) is 0 Å². The van der Waals surface area contributed by atoms with Crippen LogP contribution in [0.4, 0.5) is 0 Å². The van der Waals surface area contributed by atoms with Gasteiger partial charge in [-0.2, -0.15) is 0 Å². The summed E-state index contributed by atoms with van der Waals surface area (Å²) in [5.41, 5.74) is 17.1. The van der Waals surface area contributed by atoms with E-state index in [0.29, 0.717) is 11.8 Å². The highest BCUT2D eigenvalue weighted by atomic mass is 14.4. The SMILES string of the molecule is C/C=C\C(=C/CC/C=C\C(C)=C/C)c1ccccc1.C1=CCCC=C1.C=C(C/C=C\C(=C/C)C1C=CC2=C(C1)C(C)(C)c1ccccc12)C1C=CC=C1.CN. The lowest BCUT2D eigenvalue weighted by Gasteiger charge is -2.29. The Morgan fingerprint density at radius 1 is 0.782 bits per heavy atom. The molecule has 0 bridgehead atoms. The van der Waals surface area contributed by atoms with Gasteiger partial charge in [0, 0.05) is 17.3 Å². The number of benzene rings is 2. The highest BCUT2D eigenvalue weighted by molar-refractivity contribution is 5.87. The second-order valence-electron chi connectivity index (χ2n) is 14.6. The van der Waals surface area contributed by atoms with Gasteiger partial charge < -0.3 is 5.73 Å². The number of rotatable bonds is 11. The van der Waals surface area contributed by atoms with Gasteiger partial charge in [0.05, 0.1) is 0 Å². The van der Waals surface area contributed by atoms with Crippen LogP contribution in [0.25, 0.3) is 11.1 Å². The molecule has 288 valence electrons. The van der Waals surface area contributed by atoms with Crippen LogP contribution in [0.1, 0.15) is 96.8 Å². The van der Waals surface area contributed by atoms with Crippen LogP contribution < -0.4 is 5.73 Å². The minimum absolute atomic E-state index is 0.118. The van der Waals surface area contributed by atoms with E-state index >= 15 is 0 Å². The topological polar surface area (TPSA) is 26.0 Å². The third-order valence-electron chi connectivity index (χ3n) is 10.4. The van der Waals surface area contributed by atoms with Crippen LogP contribution in [0, 0.1) is 11.8 Å². The summed E-state index contributed by atoms with van der Waals surface area (Å²) in [6.07, 6.45) is 48.6. The first kappa shape index (κ1) is 44.4. The lowest BCUT2D eigenvalue weighted by molar-refractivity contribution is 0.577. The van der Waals surface area contributed by atoms with E-state index < -0.39 is 0 Å². The van der Waals surface area contributed by atoms with Gasteiger partial charge in [0.25, 0.3) is 0 Å². The Kier molecular flexibility index (Phi) is 19.7. The number of fused-ring (bicyclic) bond motifs is 2. The summed E-state index contributed by atoms with van der Waals surface area (Å²) in [7, 11) is 1.50. The second-order valence-corrected chi connectivity index (χ2v) is 14.6. The fourth-order valence-corrected chi connectivity index (χ4v) is 7.16. The molecule has 2 N–H and O–H groups in total. The molecule has 1 nitrogen and oxygen atoms in total. The second kappa shape index (κ2) is 24.4. The molecule has 1 unspecified atom stereocenters. The third kappa shape index (κ3) is 13.7. The molecular formula is C54H67N. The van der Waals surface area contributed by atoms with Gasteiger partial charge >= 0.3 is 0 Å². The third-order valence-corrected chi connectivity index (χ3v) is 10.4. The largest absolute Gasteiger partial charge is 0.333 e. The van der Waals surface area contributed by atoms with Crippen molar-refractivity contribution in [1.29, 1.82) is 0 Å². The fourth-order valence-electron chi connectivity index (χ4n) is 7.16. The van der Waals surface area contributed by atoms with Gasteiger partial charge in [0.15, 0.2) is 0 Å². The van der Waals surface area contributed by atoms with Gasteiger partial charge in [-0.25, -0.2) is 0 Å². The predicted molar refractivity (Wildman–Crippen MR) is 247 cm³/mol. The van der Waals surface area contributed by atoms with Crippen molar-refractivity contribution >= 4 is 11.1 Å². The van der Waals surface area contributed by atoms with E-state index in [1.807, 2.05) is 0 Å². The van der Waals surface area contributed by atoms with Crippen LogP contribution >= 0.6 is 0 Å². The Morgan fingerprint density at radius 2 is 1.45 bits per heavy atom. The van der Waals surface area contributed by atoms with E-state index in [2.05, 4.69) is 224 Å². The average molecular weight is 730 g/mol. The minimum atomic E-state index is 0.118. The Hall–Kier alpha value is -4.98. The number of allylic oxidation sites excluding steroid dienone is 25. The molecule has 0 amide bonds. The molecule has 0 radical (unpaired) electrons. The van der Waals surface area contributed by atoms with E-state index in [0.717, 1.165) is 25.7 Å². The number of hydrogen-bond donors (Lipinski definition) is 1. The van der Waals surface area contributed by atoms with E-state index in [4.69, 9.17) is 0 Å². The van der Waals surface area contributed by atoms with Gasteiger partial charge in [0.2, 0.25) is 0 Å². The zero-order valence-electron chi connectivity index (χ0n) is 34.8. The predicted octanol–water partition coefficient (Wildman–Crippen LogP) is 14.9. The van der Waals surface area contributed by atoms with Crippen molar-refractivity contribution in [2.24, 2.45) is 17.6 Å². The summed E-state index contributed by atoms with van der Waals surface area (Å²) in [4.78, 5) is 0. The van der Waals surface area contributed by atoms with Crippen molar-refractivity contribution in [3.8, 4) is 0 Å². The first-order valence-corrected chi connectivity index (χ1v) is 20.2. The maximum Gasteiger partial charge on any atom is 0.0163 e. The van der Waals surface area contributed by atoms with Gasteiger partial charge in [-0.05, 0) is 107 Å². The maximum atomic E-state index is 4.50. The maximum absolute atomic E-state index is 4.50. The lowest BCUT2D eigenvalue weighted by atomic mass is 9.74. The Balaban J connectivity index is 0.000000259. The van der Waals surface area contributed by atoms with Crippen LogP contribution in [-0.2, 0) is 5.41 Å². The number of unbranched alkanes of at least 4 members (excludes halogenated alkanes) is 1. The molecule has 4 aliphatic carbocycles. The van der Waals surface area contributed by atoms with Crippen LogP contribution in [0.15, 0.2) is 199 Å². The summed E-state index contributed by atoms with van der Waals surface area (Å²) in [5.74, 6) is 0.854. The molecule has 0 saturated heterocycles. The van der Waals surface area contributed by atoms with Crippen molar-refractivity contribution in [1.82, 2.24) is 0 Å². The zero-order chi connectivity index (χ0) is 39.9. The summed E-state index contributed by atoms with van der Waals surface area (Å²) in [6.45, 7) is 17.4. The molecule has 2 aromatic rings. The van der Waals surface area contributed by atoms with Gasteiger partial charge in [-0.1, -0.05) is 207 Å². The van der Waals surface area contributed by atoms with Crippen molar-refractivity contribution in [2.75, 3.05) is 7.05 Å². The van der Waals surface area contributed by atoms with E-state index in [-0.39, 0.29) is 5.41 Å². The van der Waals surface area contributed by atoms with Crippen LogP contribution in [0.2, 0.25) is 0 Å². The molecule has 0 aromatic heterocycles. The molecule has 0 saturated carbocycles. The molecule has 2 aromatic carbocycles. The summed E-state index contributed by atoms with van der Waals surface area (Å²) in [6, 6.07) is 19.4. The summed E-state index contributed by atoms with van der Waals surface area (Å²) < 4.78 is 0. The fraction of sp³-hybridized carbons (Fsp3) is 0.296. The molecule has 4 aliphatic rings. The van der Waals surface area contributed by atoms with Gasteiger partial charge in [0.1, 0.15) is 0 Å². The minimum Gasteiger partial charge on any atom is -0.333 e. The van der Waals surface area contributed by atoms with Gasteiger partial charge in [-0.3, -0.25) is 0 Å².